The lowest BCUT2D eigenvalue weighted by molar-refractivity contribution is 0.487. The normalized spacial score (nSPS) is 10.8. The largest absolute Gasteiger partial charge is 0.377 e. The lowest BCUT2D eigenvalue weighted by Crippen LogP contribution is -2.10. The Morgan fingerprint density at radius 3 is 2.46 bits per heavy atom. The van der Waals surface area contributed by atoms with Crippen LogP contribution < -0.4 is 4.18 Å². The van der Waals surface area contributed by atoms with Gasteiger partial charge in [0.25, 0.3) is 5.62 Å². The summed E-state index contributed by atoms with van der Waals surface area (Å²) in [7, 11) is -4.08. The van der Waals surface area contributed by atoms with Gasteiger partial charge in [0, 0.05) is 0 Å². The molecule has 0 N–H and O–H groups in total. The number of carbonyl (C=O) groups is 1. The second kappa shape index (κ2) is 3.57. The predicted molar refractivity (Wildman–Crippen MR) is 47.5 cm³/mol. The van der Waals surface area contributed by atoms with E-state index in [1.54, 1.807) is 25.1 Å². The summed E-state index contributed by atoms with van der Waals surface area (Å²) in [5.74, 6) is 0.176. The molecule has 1 rings (SSSR count). The monoisotopic (exact) mass is 200 g/mol. The molecule has 0 saturated carbocycles. The molecule has 0 aliphatic rings. The van der Waals surface area contributed by atoms with Crippen LogP contribution in [0.25, 0.3) is 0 Å². The minimum Gasteiger partial charge on any atom is -0.377 e. The van der Waals surface area contributed by atoms with Crippen LogP contribution in [-0.2, 0) is 14.9 Å². The van der Waals surface area contributed by atoms with E-state index in [2.05, 4.69) is 4.18 Å². The first-order chi connectivity index (χ1) is 6.05. The Morgan fingerprint density at radius 1 is 1.31 bits per heavy atom. The maximum absolute atomic E-state index is 10.7. The second-order valence-corrected chi connectivity index (χ2v) is 3.78. The molecule has 70 valence electrons. The van der Waals surface area contributed by atoms with Gasteiger partial charge in [0.1, 0.15) is 5.75 Å². The van der Waals surface area contributed by atoms with Crippen molar-refractivity contribution >= 4 is 15.7 Å². The molecule has 0 atom stereocenters. The molecule has 0 aromatic heterocycles. The minimum absolute atomic E-state index is 0.176. The maximum atomic E-state index is 10.7. The average Bonchev–Trinajstić information content (AvgIpc) is 2.09. The molecule has 0 amide bonds. The topological polar surface area (TPSA) is 60.4 Å². The van der Waals surface area contributed by atoms with Crippen LogP contribution in [-0.4, -0.2) is 14.0 Å². The van der Waals surface area contributed by atoms with Crippen molar-refractivity contribution in [1.82, 2.24) is 0 Å². The number of para-hydroxylation sites is 1. The van der Waals surface area contributed by atoms with Crippen LogP contribution >= 0.6 is 0 Å². The molecule has 1 aromatic carbocycles. The third-order valence-corrected chi connectivity index (χ3v) is 2.06. The zero-order chi connectivity index (χ0) is 9.90. The van der Waals surface area contributed by atoms with Crippen molar-refractivity contribution in [3.05, 3.63) is 29.8 Å². The summed E-state index contributed by atoms with van der Waals surface area (Å²) in [5.41, 5.74) is 0.437. The van der Waals surface area contributed by atoms with E-state index in [0.29, 0.717) is 5.56 Å². The van der Waals surface area contributed by atoms with E-state index in [1.165, 1.54) is 6.07 Å². The standard InChI is InChI=1S/C8H8O4S/c1-7-4-2-3-5-8(7)12-13(10,11)6-9/h2-6H,1H3. The Kier molecular flexibility index (Phi) is 2.67. The van der Waals surface area contributed by atoms with Gasteiger partial charge in [-0.15, -0.1) is 0 Å². The van der Waals surface area contributed by atoms with E-state index in [0.717, 1.165) is 0 Å². The van der Waals surface area contributed by atoms with Gasteiger partial charge in [-0.3, -0.25) is 4.79 Å². The molecule has 5 heteroatoms. The smallest absolute Gasteiger partial charge is 0.370 e. The molecule has 0 aliphatic heterocycles. The molecule has 0 bridgehead atoms. The summed E-state index contributed by atoms with van der Waals surface area (Å²) in [6.45, 7) is 1.69. The van der Waals surface area contributed by atoms with Gasteiger partial charge in [0.2, 0.25) is 0 Å². The summed E-state index contributed by atoms with van der Waals surface area (Å²) >= 11 is 0. The molecule has 0 unspecified atom stereocenters. The SMILES string of the molecule is Cc1ccccc1OS(=O)(=O)C=O. The summed E-state index contributed by atoms with van der Waals surface area (Å²) < 4.78 is 25.9. The lowest BCUT2D eigenvalue weighted by Gasteiger charge is -2.03. The first-order valence-electron chi connectivity index (χ1n) is 3.50. The number of aryl methyl sites for hydroxylation is 1. The summed E-state index contributed by atoms with van der Waals surface area (Å²) in [6.07, 6.45) is 0. The van der Waals surface area contributed by atoms with Crippen molar-refractivity contribution in [2.45, 2.75) is 6.92 Å². The maximum Gasteiger partial charge on any atom is 0.370 e. The summed E-state index contributed by atoms with van der Waals surface area (Å²) in [4.78, 5) is 10.0. The van der Waals surface area contributed by atoms with E-state index in [-0.39, 0.29) is 11.4 Å². The Morgan fingerprint density at radius 2 is 1.92 bits per heavy atom. The van der Waals surface area contributed by atoms with Gasteiger partial charge in [-0.2, -0.15) is 8.42 Å². The van der Waals surface area contributed by atoms with E-state index in [9.17, 15) is 13.2 Å². The number of rotatable bonds is 3. The average molecular weight is 200 g/mol. The van der Waals surface area contributed by atoms with Crippen molar-refractivity contribution in [3.8, 4) is 5.75 Å². The molecule has 0 fully saturated rings. The number of hydrogen-bond donors (Lipinski definition) is 0. The zero-order valence-corrected chi connectivity index (χ0v) is 7.74. The number of benzene rings is 1. The molecule has 0 aliphatic carbocycles. The van der Waals surface area contributed by atoms with Crippen LogP contribution in [0.15, 0.2) is 24.3 Å². The molecule has 0 saturated heterocycles. The third kappa shape index (κ3) is 2.55. The first-order valence-corrected chi connectivity index (χ1v) is 4.97. The molecule has 13 heavy (non-hydrogen) atoms. The van der Waals surface area contributed by atoms with Crippen LogP contribution in [0.4, 0.5) is 0 Å². The Bertz CT molecular complexity index is 408. The van der Waals surface area contributed by atoms with Crippen LogP contribution in [0.5, 0.6) is 5.75 Å². The van der Waals surface area contributed by atoms with Crippen molar-refractivity contribution in [1.29, 1.82) is 0 Å². The summed E-state index contributed by atoms with van der Waals surface area (Å²) in [5, 5.41) is 0. The Balaban J connectivity index is 3.00. The molecule has 4 nitrogen and oxygen atoms in total. The highest BCUT2D eigenvalue weighted by Gasteiger charge is 2.11. The Labute approximate surface area is 76.3 Å². The van der Waals surface area contributed by atoms with E-state index >= 15 is 0 Å². The molecule has 1 aromatic rings. The summed E-state index contributed by atoms with van der Waals surface area (Å²) in [6, 6.07) is 6.55. The molecule has 0 spiro atoms. The van der Waals surface area contributed by atoms with Crippen molar-refractivity contribution in [2.24, 2.45) is 0 Å². The number of carbonyl (C=O) groups excluding carboxylic acids is 1. The fourth-order valence-corrected chi connectivity index (χ4v) is 1.27. The highest BCUT2D eigenvalue weighted by Crippen LogP contribution is 2.17. The van der Waals surface area contributed by atoms with E-state index in [4.69, 9.17) is 0 Å². The Hall–Kier alpha value is -1.36. The van der Waals surface area contributed by atoms with Gasteiger partial charge in [-0.1, -0.05) is 18.2 Å². The van der Waals surface area contributed by atoms with E-state index < -0.39 is 10.1 Å². The van der Waals surface area contributed by atoms with Gasteiger partial charge in [-0.05, 0) is 18.6 Å². The predicted octanol–water partition coefficient (Wildman–Crippen LogP) is 0.894. The van der Waals surface area contributed by atoms with Crippen LogP contribution in [0.3, 0.4) is 0 Å². The van der Waals surface area contributed by atoms with Crippen molar-refractivity contribution < 1.29 is 17.4 Å². The number of hydrogen-bond acceptors (Lipinski definition) is 4. The zero-order valence-electron chi connectivity index (χ0n) is 6.93. The molecule has 0 heterocycles. The highest BCUT2D eigenvalue weighted by molar-refractivity contribution is 8.00. The van der Waals surface area contributed by atoms with Gasteiger partial charge in [0.15, 0.2) is 0 Å². The van der Waals surface area contributed by atoms with Gasteiger partial charge < -0.3 is 4.18 Å². The molecular weight excluding hydrogens is 192 g/mol. The molecular formula is C8H8O4S. The second-order valence-electron chi connectivity index (χ2n) is 2.44. The van der Waals surface area contributed by atoms with Crippen molar-refractivity contribution in [3.63, 3.8) is 0 Å². The quantitative estimate of drug-likeness (QED) is 0.537. The fraction of sp³-hybridized carbons (Fsp3) is 0.125. The van der Waals surface area contributed by atoms with Gasteiger partial charge >= 0.3 is 10.1 Å². The van der Waals surface area contributed by atoms with Gasteiger partial charge in [-0.25, -0.2) is 0 Å². The minimum atomic E-state index is -4.08. The highest BCUT2D eigenvalue weighted by atomic mass is 32.2. The van der Waals surface area contributed by atoms with Crippen LogP contribution in [0.1, 0.15) is 5.56 Å². The first kappa shape index (κ1) is 9.73. The lowest BCUT2D eigenvalue weighted by atomic mass is 10.2. The third-order valence-electron chi connectivity index (χ3n) is 1.42. The van der Waals surface area contributed by atoms with Crippen LogP contribution in [0, 0.1) is 6.92 Å². The van der Waals surface area contributed by atoms with Crippen molar-refractivity contribution in [2.75, 3.05) is 0 Å². The van der Waals surface area contributed by atoms with Crippen LogP contribution in [0.2, 0.25) is 0 Å². The fourth-order valence-electron chi connectivity index (χ4n) is 0.795. The molecule has 0 radical (unpaired) electrons. The van der Waals surface area contributed by atoms with E-state index in [1.807, 2.05) is 0 Å². The van der Waals surface area contributed by atoms with Gasteiger partial charge in [0.05, 0.1) is 0 Å².